The summed E-state index contributed by atoms with van der Waals surface area (Å²) in [5.41, 5.74) is -0.549. The van der Waals surface area contributed by atoms with Crippen molar-refractivity contribution in [1.29, 1.82) is 0 Å². The zero-order valence-electron chi connectivity index (χ0n) is 14.7. The molecule has 7 heteroatoms. The van der Waals surface area contributed by atoms with Crippen molar-refractivity contribution in [3.63, 3.8) is 0 Å². The van der Waals surface area contributed by atoms with Gasteiger partial charge in [-0.1, -0.05) is 42.1 Å². The summed E-state index contributed by atoms with van der Waals surface area (Å²) < 4.78 is 5.99. The summed E-state index contributed by atoms with van der Waals surface area (Å²) in [5, 5.41) is 32.7. The molecule has 1 fully saturated rings. The van der Waals surface area contributed by atoms with Gasteiger partial charge in [0.15, 0.2) is 5.17 Å². The molecule has 6 atom stereocenters. The SMILES string of the molecule is CN(C)C1=N[C@@H]2[C@@H](O)[C@H](O)[C@@H](C(C)(O)CCc3ccccc3)O[C@@H]2S1. The van der Waals surface area contributed by atoms with E-state index in [2.05, 4.69) is 4.99 Å². The summed E-state index contributed by atoms with van der Waals surface area (Å²) in [6.45, 7) is 1.66. The van der Waals surface area contributed by atoms with Gasteiger partial charge in [0.05, 0.1) is 5.60 Å². The Kier molecular flexibility index (Phi) is 5.41. The fraction of sp³-hybridized carbons (Fsp3) is 0.611. The number of aliphatic imine (C=N–C) groups is 1. The van der Waals surface area contributed by atoms with Crippen LogP contribution in [0.5, 0.6) is 0 Å². The number of fused-ring (bicyclic) bond motifs is 1. The van der Waals surface area contributed by atoms with Gasteiger partial charge in [0.2, 0.25) is 0 Å². The molecule has 138 valence electrons. The highest BCUT2D eigenvalue weighted by Crippen LogP contribution is 2.40. The number of rotatable bonds is 4. The minimum atomic E-state index is -1.26. The lowest BCUT2D eigenvalue weighted by atomic mass is 9.83. The third-order valence-electron chi connectivity index (χ3n) is 4.81. The van der Waals surface area contributed by atoms with Gasteiger partial charge in [-0.15, -0.1) is 0 Å². The molecule has 2 aliphatic heterocycles. The van der Waals surface area contributed by atoms with Gasteiger partial charge >= 0.3 is 0 Å². The number of ether oxygens (including phenoxy) is 1. The summed E-state index contributed by atoms with van der Waals surface area (Å²) >= 11 is 1.41. The van der Waals surface area contributed by atoms with Gasteiger partial charge in [-0.25, -0.2) is 0 Å². The Morgan fingerprint density at radius 3 is 2.52 bits per heavy atom. The number of hydrogen-bond donors (Lipinski definition) is 3. The second kappa shape index (κ2) is 7.25. The summed E-state index contributed by atoms with van der Waals surface area (Å²) in [7, 11) is 3.75. The van der Waals surface area contributed by atoms with Crippen molar-refractivity contribution >= 4 is 16.9 Å². The Hall–Kier alpha value is -1.12. The van der Waals surface area contributed by atoms with Crippen molar-refractivity contribution in [2.24, 2.45) is 4.99 Å². The van der Waals surface area contributed by atoms with E-state index in [-0.39, 0.29) is 0 Å². The highest BCUT2D eigenvalue weighted by atomic mass is 32.2. The number of hydrogen-bond acceptors (Lipinski definition) is 7. The molecule has 1 aromatic rings. The second-order valence-electron chi connectivity index (χ2n) is 7.16. The fourth-order valence-electron chi connectivity index (χ4n) is 3.26. The molecule has 6 nitrogen and oxygen atoms in total. The topological polar surface area (TPSA) is 85.5 Å². The first-order valence-electron chi connectivity index (χ1n) is 8.49. The molecule has 2 aliphatic rings. The standard InChI is InChI=1S/C18H26N2O4S/c1-18(23,10-9-11-7-5-4-6-8-11)15-14(22)13(21)12-16(24-15)25-17(19-12)20(2)3/h4-8,12-16,21-23H,9-10H2,1-3H3/t12-,13-,14+,15+,16-,18?/m1/s1. The first-order chi connectivity index (χ1) is 11.8. The van der Waals surface area contributed by atoms with Crippen molar-refractivity contribution in [1.82, 2.24) is 4.90 Å². The molecule has 1 unspecified atom stereocenters. The quantitative estimate of drug-likeness (QED) is 0.733. The van der Waals surface area contributed by atoms with Crippen LogP contribution in [0.2, 0.25) is 0 Å². The molecule has 3 N–H and O–H groups in total. The van der Waals surface area contributed by atoms with Gasteiger partial charge < -0.3 is 25.0 Å². The molecule has 1 aromatic carbocycles. The molecule has 0 aliphatic carbocycles. The Bertz CT molecular complexity index is 623. The summed E-state index contributed by atoms with van der Waals surface area (Å²) in [4.78, 5) is 6.30. The zero-order valence-corrected chi connectivity index (χ0v) is 15.6. The highest BCUT2D eigenvalue weighted by molar-refractivity contribution is 8.14. The van der Waals surface area contributed by atoms with Crippen LogP contribution in [-0.4, -0.2) is 74.9 Å². The first-order valence-corrected chi connectivity index (χ1v) is 9.37. The molecule has 0 bridgehead atoms. The van der Waals surface area contributed by atoms with E-state index in [0.717, 1.165) is 10.7 Å². The molecule has 2 heterocycles. The van der Waals surface area contributed by atoms with Gasteiger partial charge in [0.1, 0.15) is 29.8 Å². The molecular weight excluding hydrogens is 340 g/mol. The maximum absolute atomic E-state index is 10.9. The lowest BCUT2D eigenvalue weighted by Gasteiger charge is -2.44. The lowest BCUT2D eigenvalue weighted by molar-refractivity contribution is -0.214. The van der Waals surface area contributed by atoms with Crippen molar-refractivity contribution in [3.8, 4) is 0 Å². The number of benzene rings is 1. The molecule has 0 spiro atoms. The first kappa shape index (κ1) is 18.7. The molecule has 0 amide bonds. The van der Waals surface area contributed by atoms with Gasteiger partial charge in [-0.3, -0.25) is 4.99 Å². The van der Waals surface area contributed by atoms with Crippen LogP contribution >= 0.6 is 11.8 Å². The average molecular weight is 366 g/mol. The van der Waals surface area contributed by atoms with Gasteiger partial charge in [-0.2, -0.15) is 0 Å². The maximum atomic E-state index is 10.9. The molecule has 3 rings (SSSR count). The van der Waals surface area contributed by atoms with Crippen LogP contribution in [-0.2, 0) is 11.2 Å². The lowest BCUT2D eigenvalue weighted by Crippen LogP contribution is -2.62. The Morgan fingerprint density at radius 2 is 1.88 bits per heavy atom. The Morgan fingerprint density at radius 1 is 1.20 bits per heavy atom. The van der Waals surface area contributed by atoms with Gasteiger partial charge in [-0.05, 0) is 25.3 Å². The molecule has 0 saturated carbocycles. The minimum absolute atomic E-state index is 0.399. The highest BCUT2D eigenvalue weighted by Gasteiger charge is 2.53. The smallest absolute Gasteiger partial charge is 0.161 e. The predicted molar refractivity (Wildman–Crippen MR) is 98.6 cm³/mol. The van der Waals surface area contributed by atoms with Gasteiger partial charge in [0.25, 0.3) is 0 Å². The molecule has 0 aromatic heterocycles. The Labute approximate surface area is 152 Å². The third-order valence-corrected chi connectivity index (χ3v) is 6.11. The monoisotopic (exact) mass is 366 g/mol. The van der Waals surface area contributed by atoms with Gasteiger partial charge in [0, 0.05) is 14.1 Å². The predicted octanol–water partition coefficient (Wildman–Crippen LogP) is 0.850. The van der Waals surface area contributed by atoms with E-state index in [9.17, 15) is 15.3 Å². The van der Waals surface area contributed by atoms with Crippen LogP contribution < -0.4 is 0 Å². The summed E-state index contributed by atoms with van der Waals surface area (Å²) in [6, 6.07) is 9.36. The third kappa shape index (κ3) is 3.85. The van der Waals surface area contributed by atoms with E-state index in [1.807, 2.05) is 49.3 Å². The number of thioether (sulfide) groups is 1. The second-order valence-corrected chi connectivity index (χ2v) is 8.23. The van der Waals surface area contributed by atoms with E-state index >= 15 is 0 Å². The van der Waals surface area contributed by atoms with Crippen molar-refractivity contribution in [2.45, 2.75) is 55.2 Å². The largest absolute Gasteiger partial charge is 0.388 e. The van der Waals surface area contributed by atoms with E-state index in [4.69, 9.17) is 4.74 Å². The van der Waals surface area contributed by atoms with Crippen LogP contribution in [0.1, 0.15) is 18.9 Å². The van der Waals surface area contributed by atoms with Crippen molar-refractivity contribution in [3.05, 3.63) is 35.9 Å². The summed E-state index contributed by atoms with van der Waals surface area (Å²) in [6.07, 6.45) is -2.02. The number of nitrogens with zero attached hydrogens (tertiary/aromatic N) is 2. The molecule has 1 saturated heterocycles. The van der Waals surface area contributed by atoms with E-state index in [1.165, 1.54) is 11.8 Å². The Balaban J connectivity index is 1.70. The number of aryl methyl sites for hydroxylation is 1. The fourth-order valence-corrected chi connectivity index (χ4v) is 4.40. The minimum Gasteiger partial charge on any atom is -0.388 e. The molecule has 0 radical (unpaired) electrons. The zero-order chi connectivity index (χ0) is 18.2. The van der Waals surface area contributed by atoms with Crippen LogP contribution in [0.15, 0.2) is 35.3 Å². The van der Waals surface area contributed by atoms with Crippen LogP contribution in [0.4, 0.5) is 0 Å². The summed E-state index contributed by atoms with van der Waals surface area (Å²) in [5.74, 6) is 0. The maximum Gasteiger partial charge on any atom is 0.161 e. The van der Waals surface area contributed by atoms with E-state index < -0.39 is 35.4 Å². The van der Waals surface area contributed by atoms with Crippen LogP contribution in [0.25, 0.3) is 0 Å². The normalized spacial score (nSPS) is 34.2. The van der Waals surface area contributed by atoms with Crippen LogP contribution in [0, 0.1) is 0 Å². The number of amidine groups is 1. The van der Waals surface area contributed by atoms with Crippen molar-refractivity contribution in [2.75, 3.05) is 14.1 Å². The van der Waals surface area contributed by atoms with Crippen molar-refractivity contribution < 1.29 is 20.1 Å². The van der Waals surface area contributed by atoms with Crippen LogP contribution in [0.3, 0.4) is 0 Å². The van der Waals surface area contributed by atoms with E-state index in [0.29, 0.717) is 12.8 Å². The molecule has 25 heavy (non-hydrogen) atoms. The number of aliphatic hydroxyl groups excluding tert-OH is 2. The number of aliphatic hydroxyl groups is 3. The average Bonchev–Trinajstić information content (AvgIpc) is 3.02. The van der Waals surface area contributed by atoms with E-state index in [1.54, 1.807) is 6.92 Å². The molecular formula is C18H26N2O4S.